The highest BCUT2D eigenvalue weighted by molar-refractivity contribution is 5.45. The Morgan fingerprint density at radius 1 is 1.04 bits per heavy atom. The molecule has 4 heteroatoms. The van der Waals surface area contributed by atoms with Crippen molar-refractivity contribution in [1.82, 2.24) is 9.97 Å². The summed E-state index contributed by atoms with van der Waals surface area (Å²) < 4.78 is 0. The number of hydrogen-bond acceptors (Lipinski definition) is 4. The third-order valence-electron chi connectivity index (χ3n) is 4.89. The summed E-state index contributed by atoms with van der Waals surface area (Å²) in [4.78, 5) is 11.8. The molecule has 2 heterocycles. The van der Waals surface area contributed by atoms with Crippen LogP contribution in [0, 0.1) is 6.92 Å². The Balaban J connectivity index is 1.59. The van der Waals surface area contributed by atoms with Gasteiger partial charge in [-0.2, -0.15) is 4.98 Å². The van der Waals surface area contributed by atoms with Gasteiger partial charge in [0.1, 0.15) is 5.82 Å². The van der Waals surface area contributed by atoms with E-state index in [4.69, 9.17) is 4.98 Å². The highest BCUT2D eigenvalue weighted by atomic mass is 15.2. The van der Waals surface area contributed by atoms with Gasteiger partial charge in [-0.05, 0) is 51.9 Å². The maximum absolute atomic E-state index is 4.77. The molecule has 0 unspecified atom stereocenters. The molecule has 1 aromatic heterocycles. The lowest BCUT2D eigenvalue weighted by Gasteiger charge is -2.22. The Morgan fingerprint density at radius 2 is 1.87 bits per heavy atom. The van der Waals surface area contributed by atoms with Crippen molar-refractivity contribution in [1.29, 1.82) is 0 Å². The molecule has 1 N–H and O–H groups in total. The average Bonchev–Trinajstić information content (AvgIpc) is 2.85. The minimum absolute atomic E-state index is 0.792. The number of nitrogens with zero attached hydrogens (tertiary/aromatic N) is 3. The van der Waals surface area contributed by atoms with Crippen molar-refractivity contribution in [2.75, 3.05) is 29.9 Å². The van der Waals surface area contributed by atoms with E-state index in [2.05, 4.69) is 34.3 Å². The molecule has 0 radical (unpaired) electrons. The predicted molar refractivity (Wildman–Crippen MR) is 97.1 cm³/mol. The van der Waals surface area contributed by atoms with Gasteiger partial charge in [0.15, 0.2) is 0 Å². The number of aryl methyl sites for hydroxylation is 1. The molecule has 0 amide bonds. The van der Waals surface area contributed by atoms with Crippen molar-refractivity contribution < 1.29 is 0 Å². The van der Waals surface area contributed by atoms with E-state index < -0.39 is 0 Å². The van der Waals surface area contributed by atoms with Gasteiger partial charge >= 0.3 is 0 Å². The van der Waals surface area contributed by atoms with Crippen LogP contribution in [-0.2, 0) is 0 Å². The molecule has 1 saturated heterocycles. The van der Waals surface area contributed by atoms with Crippen molar-refractivity contribution >= 4 is 11.8 Å². The van der Waals surface area contributed by atoms with Crippen LogP contribution < -0.4 is 10.2 Å². The SMILES string of the molecule is Cc1cc(N2CCCCCC2)nc(NCCC2=CCCCC2)n1. The van der Waals surface area contributed by atoms with Crippen LogP contribution >= 0.6 is 0 Å². The summed E-state index contributed by atoms with van der Waals surface area (Å²) in [7, 11) is 0. The topological polar surface area (TPSA) is 41.1 Å². The normalized spacial score (nSPS) is 19.2. The van der Waals surface area contributed by atoms with E-state index in [1.165, 1.54) is 51.4 Å². The fourth-order valence-corrected chi connectivity index (χ4v) is 3.56. The van der Waals surface area contributed by atoms with E-state index >= 15 is 0 Å². The Labute approximate surface area is 140 Å². The lowest BCUT2D eigenvalue weighted by molar-refractivity contribution is 0.679. The van der Waals surface area contributed by atoms with Gasteiger partial charge in [-0.3, -0.25) is 0 Å². The predicted octanol–water partition coefficient (Wildman–Crippen LogP) is 4.47. The Kier molecular flexibility index (Phi) is 5.89. The zero-order chi connectivity index (χ0) is 15.9. The van der Waals surface area contributed by atoms with Gasteiger partial charge < -0.3 is 10.2 Å². The maximum Gasteiger partial charge on any atom is 0.224 e. The molecular weight excluding hydrogens is 284 g/mol. The third kappa shape index (κ3) is 4.95. The number of aromatic nitrogens is 2. The molecule has 3 rings (SSSR count). The van der Waals surface area contributed by atoms with Gasteiger partial charge in [0.05, 0.1) is 0 Å². The van der Waals surface area contributed by atoms with Crippen molar-refractivity contribution in [2.24, 2.45) is 0 Å². The second-order valence-electron chi connectivity index (χ2n) is 6.88. The fourth-order valence-electron chi connectivity index (χ4n) is 3.56. The summed E-state index contributed by atoms with van der Waals surface area (Å²) in [5.74, 6) is 1.89. The minimum Gasteiger partial charge on any atom is -0.356 e. The zero-order valence-corrected chi connectivity index (χ0v) is 14.5. The van der Waals surface area contributed by atoms with Gasteiger partial charge in [-0.25, -0.2) is 4.98 Å². The smallest absolute Gasteiger partial charge is 0.224 e. The molecule has 2 aliphatic rings. The molecule has 126 valence electrons. The number of anilines is 2. The van der Waals surface area contributed by atoms with Crippen LogP contribution in [0.25, 0.3) is 0 Å². The summed E-state index contributed by atoms with van der Waals surface area (Å²) in [6, 6.07) is 2.13. The second-order valence-corrected chi connectivity index (χ2v) is 6.88. The van der Waals surface area contributed by atoms with E-state index in [1.807, 2.05) is 0 Å². The molecule has 1 aliphatic carbocycles. The van der Waals surface area contributed by atoms with Crippen LogP contribution in [0.5, 0.6) is 0 Å². The summed E-state index contributed by atoms with van der Waals surface area (Å²) in [5.41, 5.74) is 2.66. The van der Waals surface area contributed by atoms with Crippen LogP contribution in [0.4, 0.5) is 11.8 Å². The number of hydrogen-bond donors (Lipinski definition) is 1. The van der Waals surface area contributed by atoms with Crippen molar-refractivity contribution in [3.63, 3.8) is 0 Å². The van der Waals surface area contributed by atoms with Gasteiger partial charge in [-0.15, -0.1) is 0 Å². The first kappa shape index (κ1) is 16.3. The van der Waals surface area contributed by atoms with E-state index in [9.17, 15) is 0 Å². The fraction of sp³-hybridized carbons (Fsp3) is 0.684. The highest BCUT2D eigenvalue weighted by Gasteiger charge is 2.13. The van der Waals surface area contributed by atoms with E-state index in [0.29, 0.717) is 0 Å². The molecule has 0 atom stereocenters. The summed E-state index contributed by atoms with van der Waals surface area (Å²) in [6.45, 7) is 5.26. The Hall–Kier alpha value is -1.58. The summed E-state index contributed by atoms with van der Waals surface area (Å²) >= 11 is 0. The van der Waals surface area contributed by atoms with Crippen LogP contribution in [0.15, 0.2) is 17.7 Å². The third-order valence-corrected chi connectivity index (χ3v) is 4.89. The first-order chi connectivity index (χ1) is 11.3. The van der Waals surface area contributed by atoms with Crippen LogP contribution in [0.1, 0.15) is 63.5 Å². The van der Waals surface area contributed by atoms with Crippen molar-refractivity contribution in [3.8, 4) is 0 Å². The van der Waals surface area contributed by atoms with E-state index in [1.54, 1.807) is 5.57 Å². The molecular formula is C19H30N4. The molecule has 4 nitrogen and oxygen atoms in total. The quantitative estimate of drug-likeness (QED) is 0.814. The van der Waals surface area contributed by atoms with Gasteiger partial charge in [0, 0.05) is 31.4 Å². The molecule has 1 aromatic rings. The molecule has 0 spiro atoms. The number of rotatable bonds is 5. The number of nitrogens with one attached hydrogen (secondary N) is 1. The van der Waals surface area contributed by atoms with Crippen LogP contribution in [0.3, 0.4) is 0 Å². The molecule has 23 heavy (non-hydrogen) atoms. The zero-order valence-electron chi connectivity index (χ0n) is 14.5. The largest absolute Gasteiger partial charge is 0.356 e. The van der Waals surface area contributed by atoms with Crippen molar-refractivity contribution in [3.05, 3.63) is 23.4 Å². The first-order valence-electron chi connectivity index (χ1n) is 9.34. The van der Waals surface area contributed by atoms with Gasteiger partial charge in [0.2, 0.25) is 5.95 Å². The molecule has 1 aliphatic heterocycles. The maximum atomic E-state index is 4.77. The van der Waals surface area contributed by atoms with Crippen LogP contribution in [-0.4, -0.2) is 29.6 Å². The lowest BCUT2D eigenvalue weighted by atomic mass is 9.97. The van der Waals surface area contributed by atoms with Crippen molar-refractivity contribution in [2.45, 2.75) is 64.7 Å². The highest BCUT2D eigenvalue weighted by Crippen LogP contribution is 2.21. The lowest BCUT2D eigenvalue weighted by Crippen LogP contribution is -2.25. The summed E-state index contributed by atoms with van der Waals surface area (Å²) in [6.07, 6.45) is 14.0. The average molecular weight is 314 g/mol. The second kappa shape index (κ2) is 8.32. The minimum atomic E-state index is 0.792. The number of allylic oxidation sites excluding steroid dienone is 1. The van der Waals surface area contributed by atoms with Gasteiger partial charge in [0.25, 0.3) is 0 Å². The molecule has 0 aromatic carbocycles. The Morgan fingerprint density at radius 3 is 2.61 bits per heavy atom. The summed E-state index contributed by atoms with van der Waals surface area (Å²) in [5, 5.41) is 3.44. The Bertz CT molecular complexity index is 530. The molecule has 1 fully saturated rings. The van der Waals surface area contributed by atoms with E-state index in [-0.39, 0.29) is 0 Å². The molecule has 0 saturated carbocycles. The molecule has 0 bridgehead atoms. The van der Waals surface area contributed by atoms with Crippen LogP contribution in [0.2, 0.25) is 0 Å². The standard InChI is InChI=1S/C19H30N4/c1-16-15-18(23-13-7-2-3-8-14-23)22-19(21-16)20-12-11-17-9-5-4-6-10-17/h9,15H,2-8,10-14H2,1H3,(H,20,21,22). The monoisotopic (exact) mass is 314 g/mol. The van der Waals surface area contributed by atoms with E-state index in [0.717, 1.165) is 43.5 Å². The van der Waals surface area contributed by atoms with Gasteiger partial charge in [-0.1, -0.05) is 24.5 Å². The first-order valence-corrected chi connectivity index (χ1v) is 9.34.